The number of hydrogen-bond acceptors (Lipinski definition) is 4. The lowest BCUT2D eigenvalue weighted by molar-refractivity contribution is 1.05. The van der Waals surface area contributed by atoms with E-state index in [9.17, 15) is 0 Å². The van der Waals surface area contributed by atoms with E-state index in [1.807, 2.05) is 48.5 Å². The fraction of sp³-hybridized carbons (Fsp3) is 0. The van der Waals surface area contributed by atoms with Gasteiger partial charge in [-0.1, -0.05) is 212 Å². The molecule has 0 aliphatic rings. The summed E-state index contributed by atoms with van der Waals surface area (Å²) in [5.41, 5.74) is 14.3. The molecule has 0 aliphatic heterocycles. The van der Waals surface area contributed by atoms with Gasteiger partial charge in [0.1, 0.15) is 11.5 Å². The largest absolute Gasteiger partial charge is 0.277 e. The zero-order valence-electron chi connectivity index (χ0n) is 33.1. The predicted octanol–water partition coefficient (Wildman–Crippen LogP) is 14.0. The Hall–Kier alpha value is -8.28. The van der Waals surface area contributed by atoms with Gasteiger partial charge >= 0.3 is 0 Å². The number of aromatic nitrogens is 5. The first-order chi connectivity index (χ1) is 30.2. The van der Waals surface area contributed by atoms with Crippen molar-refractivity contribution in [3.05, 3.63) is 224 Å². The van der Waals surface area contributed by atoms with Crippen molar-refractivity contribution in [1.82, 2.24) is 24.3 Å². The van der Waals surface area contributed by atoms with Crippen molar-refractivity contribution < 1.29 is 0 Å². The van der Waals surface area contributed by atoms with E-state index in [0.717, 1.165) is 83.8 Å². The quantitative estimate of drug-likeness (QED) is 0.154. The van der Waals surface area contributed by atoms with Crippen LogP contribution >= 0.6 is 0 Å². The van der Waals surface area contributed by atoms with Crippen molar-refractivity contribution in [1.29, 1.82) is 0 Å². The maximum Gasteiger partial charge on any atom is 0.163 e. The molecule has 8 aromatic carbocycles. The second-order valence-electron chi connectivity index (χ2n) is 15.1. The summed E-state index contributed by atoms with van der Waals surface area (Å²) in [4.78, 5) is 20.7. The first-order valence-electron chi connectivity index (χ1n) is 20.5. The minimum absolute atomic E-state index is 0.691. The fourth-order valence-corrected chi connectivity index (χ4v) is 8.21. The van der Waals surface area contributed by atoms with Gasteiger partial charge in [-0.25, -0.2) is 19.9 Å². The highest BCUT2D eigenvalue weighted by Gasteiger charge is 2.21. The average Bonchev–Trinajstić information content (AvgIpc) is 3.69. The Labute approximate surface area is 354 Å². The maximum absolute atomic E-state index is 5.24. The SMILES string of the molecule is c1ccc(-c2ccc(-c3cc(-c4cccc(-c5ccc(-c6c7ccccc7c7nc(-c8ccccc8)nc(-c8ccccc8)n67)cc5)c4)nc(-c4ccccc4)n3)cc2)cc1. The Kier molecular flexibility index (Phi) is 9.10. The summed E-state index contributed by atoms with van der Waals surface area (Å²) >= 11 is 0. The number of rotatable bonds is 8. The number of fused-ring (bicyclic) bond motifs is 3. The van der Waals surface area contributed by atoms with Crippen LogP contribution in [0.15, 0.2) is 224 Å². The zero-order chi connectivity index (χ0) is 40.5. The van der Waals surface area contributed by atoms with Crippen LogP contribution < -0.4 is 0 Å². The van der Waals surface area contributed by atoms with E-state index in [1.54, 1.807) is 0 Å². The Morgan fingerprint density at radius 2 is 0.689 bits per heavy atom. The van der Waals surface area contributed by atoms with Crippen LogP contribution in [0, 0.1) is 0 Å². The molecule has 0 spiro atoms. The van der Waals surface area contributed by atoms with Crippen LogP contribution in [0.2, 0.25) is 0 Å². The third kappa shape index (κ3) is 6.84. The predicted molar refractivity (Wildman–Crippen MR) is 250 cm³/mol. The van der Waals surface area contributed by atoms with Crippen LogP contribution in [0.25, 0.3) is 107 Å². The van der Waals surface area contributed by atoms with Gasteiger partial charge in [-0.3, -0.25) is 4.40 Å². The number of hydrogen-bond donors (Lipinski definition) is 0. The Balaban J connectivity index is 0.995. The molecular formula is C56H37N5. The summed E-state index contributed by atoms with van der Waals surface area (Å²) in [6, 6.07) is 78.0. The van der Waals surface area contributed by atoms with Gasteiger partial charge < -0.3 is 0 Å². The van der Waals surface area contributed by atoms with Crippen molar-refractivity contribution in [2.45, 2.75) is 0 Å². The van der Waals surface area contributed by atoms with Crippen LogP contribution in [0.3, 0.4) is 0 Å². The molecule has 11 rings (SSSR count). The third-order valence-corrected chi connectivity index (χ3v) is 11.3. The molecule has 0 radical (unpaired) electrons. The summed E-state index contributed by atoms with van der Waals surface area (Å²) in [5, 5.41) is 2.20. The summed E-state index contributed by atoms with van der Waals surface area (Å²) in [6.07, 6.45) is 0. The molecule has 0 fully saturated rings. The standard InChI is InChI=1S/C56H37N5/c1-5-16-38(17-6-1)39-28-32-41(33-29-39)50-37-51(58-53(57-50)43-18-7-2-8-19-43)47-25-15-24-46(36-47)40-30-34-42(35-31-40)52-48-26-13-14-27-49(48)56-60-54(44-20-9-3-10-21-44)59-55(61(52)56)45-22-11-4-12-23-45/h1-37H. The van der Waals surface area contributed by atoms with Crippen LogP contribution in [-0.4, -0.2) is 24.3 Å². The lowest BCUT2D eigenvalue weighted by Crippen LogP contribution is -2.03. The summed E-state index contributed by atoms with van der Waals surface area (Å²) in [7, 11) is 0. The summed E-state index contributed by atoms with van der Waals surface area (Å²) < 4.78 is 2.23. The molecule has 5 heteroatoms. The molecule has 0 atom stereocenters. The van der Waals surface area contributed by atoms with Gasteiger partial charge in [-0.2, -0.15) is 0 Å². The molecule has 286 valence electrons. The smallest absolute Gasteiger partial charge is 0.163 e. The normalized spacial score (nSPS) is 11.3. The van der Waals surface area contributed by atoms with E-state index in [4.69, 9.17) is 19.9 Å². The van der Waals surface area contributed by atoms with Crippen LogP contribution in [0.4, 0.5) is 0 Å². The van der Waals surface area contributed by atoms with Gasteiger partial charge in [0.2, 0.25) is 0 Å². The maximum atomic E-state index is 5.24. The summed E-state index contributed by atoms with van der Waals surface area (Å²) in [5.74, 6) is 2.24. The first-order valence-corrected chi connectivity index (χ1v) is 20.5. The van der Waals surface area contributed by atoms with Crippen molar-refractivity contribution >= 4 is 16.4 Å². The lowest BCUT2D eigenvalue weighted by atomic mass is 9.98. The van der Waals surface area contributed by atoms with E-state index in [0.29, 0.717) is 11.6 Å². The highest BCUT2D eigenvalue weighted by atomic mass is 15.1. The van der Waals surface area contributed by atoms with E-state index < -0.39 is 0 Å². The van der Waals surface area contributed by atoms with E-state index >= 15 is 0 Å². The van der Waals surface area contributed by atoms with Crippen LogP contribution in [0.1, 0.15) is 0 Å². The molecule has 0 amide bonds. The molecule has 0 bridgehead atoms. The minimum Gasteiger partial charge on any atom is -0.277 e. The topological polar surface area (TPSA) is 56.0 Å². The lowest BCUT2D eigenvalue weighted by Gasteiger charge is -2.13. The van der Waals surface area contributed by atoms with Gasteiger partial charge in [0.05, 0.1) is 17.1 Å². The molecule has 3 aromatic heterocycles. The molecule has 5 nitrogen and oxygen atoms in total. The van der Waals surface area contributed by atoms with Crippen molar-refractivity contribution in [2.75, 3.05) is 0 Å². The van der Waals surface area contributed by atoms with Gasteiger partial charge in [0.25, 0.3) is 0 Å². The molecule has 0 aliphatic carbocycles. The Bertz CT molecular complexity index is 3310. The molecule has 0 saturated heterocycles. The van der Waals surface area contributed by atoms with Crippen molar-refractivity contribution in [3.8, 4) is 90.2 Å². The van der Waals surface area contributed by atoms with E-state index in [2.05, 4.69) is 180 Å². The Morgan fingerprint density at radius 1 is 0.262 bits per heavy atom. The van der Waals surface area contributed by atoms with Gasteiger partial charge in [0.15, 0.2) is 11.6 Å². The van der Waals surface area contributed by atoms with E-state index in [1.165, 1.54) is 11.1 Å². The Morgan fingerprint density at radius 3 is 1.31 bits per heavy atom. The molecule has 11 aromatic rings. The summed E-state index contributed by atoms with van der Waals surface area (Å²) in [6.45, 7) is 0. The van der Waals surface area contributed by atoms with Crippen LogP contribution in [-0.2, 0) is 0 Å². The molecule has 61 heavy (non-hydrogen) atoms. The fourth-order valence-electron chi connectivity index (χ4n) is 8.21. The highest BCUT2D eigenvalue weighted by Crippen LogP contribution is 2.39. The average molecular weight is 780 g/mol. The number of benzene rings is 8. The van der Waals surface area contributed by atoms with Gasteiger partial charge in [-0.05, 0) is 39.9 Å². The second-order valence-corrected chi connectivity index (χ2v) is 15.1. The molecule has 3 heterocycles. The zero-order valence-corrected chi connectivity index (χ0v) is 33.1. The number of nitrogens with zero attached hydrogens (tertiary/aromatic N) is 5. The van der Waals surface area contributed by atoms with Crippen molar-refractivity contribution in [2.24, 2.45) is 0 Å². The third-order valence-electron chi connectivity index (χ3n) is 11.3. The van der Waals surface area contributed by atoms with Gasteiger partial charge in [0, 0.05) is 38.6 Å². The molecular weight excluding hydrogens is 743 g/mol. The first kappa shape index (κ1) is 35.8. The molecule has 0 unspecified atom stereocenters. The molecule has 0 N–H and O–H groups in total. The van der Waals surface area contributed by atoms with Gasteiger partial charge in [-0.15, -0.1) is 0 Å². The highest BCUT2D eigenvalue weighted by molar-refractivity contribution is 6.06. The van der Waals surface area contributed by atoms with Crippen molar-refractivity contribution in [3.63, 3.8) is 0 Å². The minimum atomic E-state index is 0.691. The second kappa shape index (κ2) is 15.5. The van der Waals surface area contributed by atoms with Crippen LogP contribution in [0.5, 0.6) is 0 Å². The van der Waals surface area contributed by atoms with E-state index in [-0.39, 0.29) is 0 Å². The molecule has 0 saturated carbocycles. The monoisotopic (exact) mass is 779 g/mol.